The van der Waals surface area contributed by atoms with Crippen LogP contribution in [0, 0.1) is 0 Å². The molecule has 0 unspecified atom stereocenters. The van der Waals surface area contributed by atoms with Crippen LogP contribution >= 0.6 is 0 Å². The second-order valence-corrected chi connectivity index (χ2v) is 5.18. The summed E-state index contributed by atoms with van der Waals surface area (Å²) in [6, 6.07) is 18.8. The number of aryl methyl sites for hydroxylation is 1. The number of nitrogens with zero attached hydrogens (tertiary/aromatic N) is 1. The van der Waals surface area contributed by atoms with Crippen LogP contribution in [-0.2, 0) is 6.42 Å². The van der Waals surface area contributed by atoms with Gasteiger partial charge in [-0.05, 0) is 49.1 Å². The molecule has 0 amide bonds. The van der Waals surface area contributed by atoms with E-state index in [9.17, 15) is 0 Å². The fourth-order valence-corrected chi connectivity index (χ4v) is 2.10. The fourth-order valence-electron chi connectivity index (χ4n) is 2.10. The molecule has 2 heteroatoms. The largest absolute Gasteiger partial charge is 0.494 e. The van der Waals surface area contributed by atoms with Crippen molar-refractivity contribution in [3.8, 4) is 5.75 Å². The highest BCUT2D eigenvalue weighted by atomic mass is 16.5. The molecular weight excluding hydrogens is 246 g/mol. The Kier molecular flexibility index (Phi) is 5.48. The van der Waals surface area contributed by atoms with Crippen LogP contribution in [0.1, 0.15) is 18.4 Å². The third kappa shape index (κ3) is 4.61. The molecule has 2 nitrogen and oxygen atoms in total. The molecule has 0 aromatic heterocycles. The highest BCUT2D eigenvalue weighted by Crippen LogP contribution is 2.14. The van der Waals surface area contributed by atoms with Crippen molar-refractivity contribution in [2.24, 2.45) is 0 Å². The minimum absolute atomic E-state index is 0.791. The zero-order chi connectivity index (χ0) is 14.2. The van der Waals surface area contributed by atoms with Crippen LogP contribution in [0.15, 0.2) is 54.6 Å². The predicted octanol–water partition coefficient (Wildman–Crippen LogP) is 4.15. The van der Waals surface area contributed by atoms with Crippen LogP contribution in [0.5, 0.6) is 5.75 Å². The van der Waals surface area contributed by atoms with Gasteiger partial charge in [-0.25, -0.2) is 0 Å². The zero-order valence-electron chi connectivity index (χ0n) is 12.4. The van der Waals surface area contributed by atoms with Crippen molar-refractivity contribution >= 4 is 5.69 Å². The number of anilines is 1. The van der Waals surface area contributed by atoms with E-state index in [2.05, 4.69) is 43.3 Å². The van der Waals surface area contributed by atoms with Gasteiger partial charge in [-0.15, -0.1) is 0 Å². The molecule has 106 valence electrons. The molecule has 0 aliphatic carbocycles. The van der Waals surface area contributed by atoms with E-state index in [1.807, 2.05) is 30.3 Å². The first-order valence-corrected chi connectivity index (χ1v) is 7.20. The van der Waals surface area contributed by atoms with Crippen molar-refractivity contribution < 1.29 is 4.74 Å². The molecule has 0 N–H and O–H groups in total. The molecule has 0 saturated carbocycles. The topological polar surface area (TPSA) is 12.5 Å². The van der Waals surface area contributed by atoms with Gasteiger partial charge in [0.25, 0.3) is 0 Å². The molecule has 0 saturated heterocycles. The number of hydrogen-bond donors (Lipinski definition) is 0. The van der Waals surface area contributed by atoms with Crippen molar-refractivity contribution in [3.63, 3.8) is 0 Å². The minimum Gasteiger partial charge on any atom is -0.494 e. The van der Waals surface area contributed by atoms with Gasteiger partial charge >= 0.3 is 0 Å². The van der Waals surface area contributed by atoms with Gasteiger partial charge in [0.1, 0.15) is 5.75 Å². The Morgan fingerprint density at radius 3 is 2.20 bits per heavy atom. The Labute approximate surface area is 122 Å². The Hall–Kier alpha value is -1.96. The molecule has 2 aromatic rings. The molecule has 0 aliphatic rings. The first-order chi connectivity index (χ1) is 9.75. The van der Waals surface area contributed by atoms with Crippen molar-refractivity contribution in [2.75, 3.05) is 25.6 Å². The summed E-state index contributed by atoms with van der Waals surface area (Å²) in [5.74, 6) is 0.961. The first kappa shape index (κ1) is 14.4. The van der Waals surface area contributed by atoms with Gasteiger partial charge in [0.2, 0.25) is 0 Å². The van der Waals surface area contributed by atoms with Gasteiger partial charge in [0.15, 0.2) is 0 Å². The molecular formula is C18H23NO. The van der Waals surface area contributed by atoms with E-state index in [-0.39, 0.29) is 0 Å². The van der Waals surface area contributed by atoms with E-state index in [0.29, 0.717) is 0 Å². The summed E-state index contributed by atoms with van der Waals surface area (Å²) in [5, 5.41) is 0. The van der Waals surface area contributed by atoms with Crippen LogP contribution in [0.3, 0.4) is 0 Å². The average Bonchev–Trinajstić information content (AvgIpc) is 2.48. The van der Waals surface area contributed by atoms with Crippen molar-refractivity contribution in [1.82, 2.24) is 0 Å². The maximum absolute atomic E-state index is 5.69. The maximum atomic E-state index is 5.69. The van der Waals surface area contributed by atoms with E-state index in [4.69, 9.17) is 4.74 Å². The highest BCUT2D eigenvalue weighted by Gasteiger charge is 1.97. The van der Waals surface area contributed by atoms with Crippen LogP contribution in [-0.4, -0.2) is 20.7 Å². The predicted molar refractivity (Wildman–Crippen MR) is 85.6 cm³/mol. The second kappa shape index (κ2) is 7.59. The lowest BCUT2D eigenvalue weighted by Gasteiger charge is -2.12. The van der Waals surface area contributed by atoms with E-state index >= 15 is 0 Å². The molecule has 2 rings (SSSR count). The number of benzene rings is 2. The van der Waals surface area contributed by atoms with Gasteiger partial charge in [-0.1, -0.05) is 30.3 Å². The summed E-state index contributed by atoms with van der Waals surface area (Å²) in [7, 11) is 4.13. The Balaban J connectivity index is 1.66. The normalized spacial score (nSPS) is 10.3. The molecule has 0 fully saturated rings. The molecule has 0 aliphatic heterocycles. The van der Waals surface area contributed by atoms with Gasteiger partial charge < -0.3 is 9.64 Å². The van der Waals surface area contributed by atoms with Gasteiger partial charge in [0.05, 0.1) is 6.61 Å². The monoisotopic (exact) mass is 269 g/mol. The lowest BCUT2D eigenvalue weighted by molar-refractivity contribution is 0.307. The molecule has 0 radical (unpaired) electrons. The second-order valence-electron chi connectivity index (χ2n) is 5.18. The van der Waals surface area contributed by atoms with Crippen molar-refractivity contribution in [1.29, 1.82) is 0 Å². The fraction of sp³-hybridized carbons (Fsp3) is 0.333. The van der Waals surface area contributed by atoms with Crippen molar-refractivity contribution in [3.05, 3.63) is 60.2 Å². The third-order valence-corrected chi connectivity index (χ3v) is 3.32. The van der Waals surface area contributed by atoms with E-state index in [0.717, 1.165) is 31.6 Å². The quantitative estimate of drug-likeness (QED) is 0.700. The van der Waals surface area contributed by atoms with Gasteiger partial charge in [-0.3, -0.25) is 0 Å². The summed E-state index contributed by atoms with van der Waals surface area (Å²) in [5.41, 5.74) is 2.65. The van der Waals surface area contributed by atoms with Gasteiger partial charge in [0, 0.05) is 19.8 Å². The minimum atomic E-state index is 0.791. The summed E-state index contributed by atoms with van der Waals surface area (Å²) in [6.45, 7) is 0.791. The van der Waals surface area contributed by atoms with Crippen LogP contribution in [0.4, 0.5) is 5.69 Å². The Morgan fingerprint density at radius 1 is 0.850 bits per heavy atom. The molecule has 0 bridgehead atoms. The maximum Gasteiger partial charge on any atom is 0.119 e. The smallest absolute Gasteiger partial charge is 0.119 e. The molecule has 0 heterocycles. The Morgan fingerprint density at radius 2 is 1.55 bits per heavy atom. The highest BCUT2D eigenvalue weighted by molar-refractivity contribution is 5.45. The summed E-state index contributed by atoms with van der Waals surface area (Å²) >= 11 is 0. The lowest BCUT2D eigenvalue weighted by atomic mass is 10.1. The number of para-hydroxylation sites is 1. The standard InChI is InChI=1S/C18H23NO/c1-19(2)17-13-11-16(12-14-17)8-6-7-15-20-18-9-4-3-5-10-18/h3-5,9-14H,6-8,15H2,1-2H3. The molecule has 20 heavy (non-hydrogen) atoms. The van der Waals surface area contributed by atoms with Crippen LogP contribution in [0.2, 0.25) is 0 Å². The summed E-state index contributed by atoms with van der Waals surface area (Å²) < 4.78 is 5.69. The SMILES string of the molecule is CN(C)c1ccc(CCCCOc2ccccc2)cc1. The van der Waals surface area contributed by atoms with E-state index < -0.39 is 0 Å². The zero-order valence-corrected chi connectivity index (χ0v) is 12.4. The summed E-state index contributed by atoms with van der Waals surface area (Å²) in [4.78, 5) is 2.12. The van der Waals surface area contributed by atoms with Crippen LogP contribution in [0.25, 0.3) is 0 Å². The van der Waals surface area contributed by atoms with E-state index in [1.54, 1.807) is 0 Å². The molecule has 0 spiro atoms. The van der Waals surface area contributed by atoms with Gasteiger partial charge in [-0.2, -0.15) is 0 Å². The lowest BCUT2D eigenvalue weighted by Crippen LogP contribution is -2.08. The third-order valence-electron chi connectivity index (χ3n) is 3.32. The number of rotatable bonds is 7. The molecule has 0 atom stereocenters. The Bertz CT molecular complexity index is 491. The van der Waals surface area contributed by atoms with Crippen LogP contribution < -0.4 is 9.64 Å². The molecule has 2 aromatic carbocycles. The number of unbranched alkanes of at least 4 members (excludes halogenated alkanes) is 1. The number of ether oxygens (including phenoxy) is 1. The summed E-state index contributed by atoms with van der Waals surface area (Å²) in [6.07, 6.45) is 3.37. The van der Waals surface area contributed by atoms with E-state index in [1.165, 1.54) is 11.3 Å². The average molecular weight is 269 g/mol. The number of hydrogen-bond acceptors (Lipinski definition) is 2. The van der Waals surface area contributed by atoms with Crippen molar-refractivity contribution in [2.45, 2.75) is 19.3 Å². The first-order valence-electron chi connectivity index (χ1n) is 7.20.